The molecule has 2 N–H and O–H groups in total. The zero-order valence-corrected chi connectivity index (χ0v) is 16.6. The van der Waals surface area contributed by atoms with Crippen LogP contribution in [0.4, 0.5) is 0 Å². The van der Waals surface area contributed by atoms with E-state index < -0.39 is 0 Å². The Labute approximate surface area is 156 Å². The second-order valence-corrected chi connectivity index (χ2v) is 7.77. The van der Waals surface area contributed by atoms with Gasteiger partial charge in [0.15, 0.2) is 5.96 Å². The molecule has 1 aromatic rings. The molecular weight excluding hydrogens is 334 g/mol. The highest BCUT2D eigenvalue weighted by Gasteiger charge is 2.23. The van der Waals surface area contributed by atoms with Gasteiger partial charge in [-0.2, -0.15) is 11.8 Å². The van der Waals surface area contributed by atoms with E-state index in [0.29, 0.717) is 18.2 Å². The Morgan fingerprint density at radius 3 is 2.80 bits per heavy atom. The van der Waals surface area contributed by atoms with Crippen molar-refractivity contribution in [3.05, 3.63) is 24.2 Å². The second-order valence-electron chi connectivity index (χ2n) is 6.78. The van der Waals surface area contributed by atoms with Crippen LogP contribution in [0, 0.1) is 0 Å². The predicted molar refractivity (Wildman–Crippen MR) is 106 cm³/mol. The van der Waals surface area contributed by atoms with Crippen LogP contribution in [-0.2, 0) is 11.2 Å². The molecule has 25 heavy (non-hydrogen) atoms. The Hall–Kier alpha value is -1.14. The number of nitrogens with one attached hydrogen (secondary N) is 2. The summed E-state index contributed by atoms with van der Waals surface area (Å²) in [4.78, 5) is 4.71. The number of hydrogen-bond donors (Lipinski definition) is 2. The van der Waals surface area contributed by atoms with Gasteiger partial charge >= 0.3 is 0 Å². The number of rotatable bonds is 9. The molecule has 0 aliphatic heterocycles. The van der Waals surface area contributed by atoms with Crippen molar-refractivity contribution in [2.45, 2.75) is 64.2 Å². The van der Waals surface area contributed by atoms with Gasteiger partial charge in [0.05, 0.1) is 25.0 Å². The van der Waals surface area contributed by atoms with Crippen molar-refractivity contribution in [2.24, 2.45) is 4.99 Å². The van der Waals surface area contributed by atoms with Gasteiger partial charge in [-0.1, -0.05) is 0 Å². The molecule has 1 aliphatic carbocycles. The summed E-state index contributed by atoms with van der Waals surface area (Å²) < 4.78 is 11.3. The summed E-state index contributed by atoms with van der Waals surface area (Å²) in [6, 6.07) is 4.42. The van der Waals surface area contributed by atoms with Crippen molar-refractivity contribution in [1.82, 2.24) is 10.6 Å². The molecule has 0 saturated heterocycles. The van der Waals surface area contributed by atoms with Gasteiger partial charge in [-0.3, -0.25) is 4.99 Å². The number of nitrogens with zero attached hydrogens (tertiary/aromatic N) is 1. The number of aliphatic imine (C=N–C) groups is 1. The lowest BCUT2D eigenvalue weighted by molar-refractivity contribution is -0.0152. The summed E-state index contributed by atoms with van der Waals surface area (Å²) in [6.45, 7) is 5.89. The van der Waals surface area contributed by atoms with Crippen LogP contribution in [0.5, 0.6) is 0 Å². The van der Waals surface area contributed by atoms with Crippen molar-refractivity contribution in [3.63, 3.8) is 0 Å². The molecule has 1 aliphatic rings. The first kappa shape index (κ1) is 20.2. The van der Waals surface area contributed by atoms with Crippen molar-refractivity contribution in [2.75, 3.05) is 25.1 Å². The molecule has 5 nitrogen and oxygen atoms in total. The van der Waals surface area contributed by atoms with Gasteiger partial charge < -0.3 is 19.8 Å². The number of furan rings is 1. The van der Waals surface area contributed by atoms with E-state index in [-0.39, 0.29) is 0 Å². The Morgan fingerprint density at radius 2 is 2.16 bits per heavy atom. The van der Waals surface area contributed by atoms with Crippen molar-refractivity contribution >= 4 is 17.7 Å². The second kappa shape index (κ2) is 11.5. The topological polar surface area (TPSA) is 58.8 Å². The summed E-state index contributed by atoms with van der Waals surface area (Å²) in [5.41, 5.74) is 0. The van der Waals surface area contributed by atoms with E-state index in [4.69, 9.17) is 14.1 Å². The first-order valence-electron chi connectivity index (χ1n) is 9.39. The third-order valence-electron chi connectivity index (χ3n) is 4.29. The maximum Gasteiger partial charge on any atom is 0.191 e. The van der Waals surface area contributed by atoms with E-state index >= 15 is 0 Å². The van der Waals surface area contributed by atoms with Gasteiger partial charge in [-0.05, 0) is 57.9 Å². The quantitative estimate of drug-likeness (QED) is 0.398. The highest BCUT2D eigenvalue weighted by Crippen LogP contribution is 2.22. The van der Waals surface area contributed by atoms with E-state index in [9.17, 15) is 0 Å². The van der Waals surface area contributed by atoms with Gasteiger partial charge in [-0.15, -0.1) is 0 Å². The first-order valence-corrected chi connectivity index (χ1v) is 10.8. The van der Waals surface area contributed by atoms with Crippen molar-refractivity contribution < 1.29 is 9.15 Å². The molecule has 0 atom stereocenters. The molecule has 1 aromatic heterocycles. The Bertz CT molecular complexity index is 483. The molecule has 0 amide bonds. The predicted octanol–water partition coefficient (Wildman–Crippen LogP) is 3.46. The molecule has 142 valence electrons. The van der Waals surface area contributed by atoms with Crippen LogP contribution >= 0.6 is 11.8 Å². The smallest absolute Gasteiger partial charge is 0.191 e. The fourth-order valence-electron chi connectivity index (χ4n) is 3.08. The SMILES string of the molecule is CSCCN=C(NCCc1ccco1)NC1CCC(OC(C)C)CC1. The molecule has 1 saturated carbocycles. The Morgan fingerprint density at radius 1 is 1.36 bits per heavy atom. The first-order chi connectivity index (χ1) is 12.2. The highest BCUT2D eigenvalue weighted by atomic mass is 32.2. The molecule has 1 fully saturated rings. The zero-order valence-electron chi connectivity index (χ0n) is 15.8. The number of guanidine groups is 1. The molecule has 0 unspecified atom stereocenters. The van der Waals surface area contributed by atoms with Crippen molar-refractivity contribution in [1.29, 1.82) is 0 Å². The van der Waals surface area contributed by atoms with E-state index in [1.54, 1.807) is 6.26 Å². The average molecular weight is 368 g/mol. The van der Waals surface area contributed by atoms with Crippen LogP contribution in [0.2, 0.25) is 0 Å². The van der Waals surface area contributed by atoms with Gasteiger partial charge in [0, 0.05) is 24.8 Å². The maximum absolute atomic E-state index is 5.94. The van der Waals surface area contributed by atoms with E-state index in [2.05, 4.69) is 30.7 Å². The minimum atomic E-state index is 0.321. The number of hydrogen-bond acceptors (Lipinski definition) is 4. The van der Waals surface area contributed by atoms with Gasteiger partial charge in [-0.25, -0.2) is 0 Å². The third-order valence-corrected chi connectivity index (χ3v) is 4.88. The normalized spacial score (nSPS) is 21.5. The minimum absolute atomic E-state index is 0.321. The average Bonchev–Trinajstić information content (AvgIpc) is 3.09. The number of thioether (sulfide) groups is 1. The lowest BCUT2D eigenvalue weighted by Crippen LogP contribution is -2.46. The molecule has 2 rings (SSSR count). The van der Waals surface area contributed by atoms with Gasteiger partial charge in [0.1, 0.15) is 5.76 Å². The minimum Gasteiger partial charge on any atom is -0.469 e. The fourth-order valence-corrected chi connectivity index (χ4v) is 3.36. The monoisotopic (exact) mass is 367 g/mol. The molecule has 0 aromatic carbocycles. The summed E-state index contributed by atoms with van der Waals surface area (Å²) in [5.74, 6) is 2.97. The molecule has 6 heteroatoms. The van der Waals surface area contributed by atoms with Gasteiger partial charge in [0.25, 0.3) is 0 Å². The van der Waals surface area contributed by atoms with Crippen LogP contribution in [0.3, 0.4) is 0 Å². The molecular formula is C19H33N3O2S. The maximum atomic E-state index is 5.94. The highest BCUT2D eigenvalue weighted by molar-refractivity contribution is 7.98. The van der Waals surface area contributed by atoms with Crippen LogP contribution in [0.25, 0.3) is 0 Å². The molecule has 0 radical (unpaired) electrons. The van der Waals surface area contributed by atoms with Crippen LogP contribution in [0.1, 0.15) is 45.3 Å². The van der Waals surface area contributed by atoms with Crippen LogP contribution in [0.15, 0.2) is 27.8 Å². The van der Waals surface area contributed by atoms with E-state index in [0.717, 1.165) is 62.7 Å². The third kappa shape index (κ3) is 8.19. The summed E-state index contributed by atoms with van der Waals surface area (Å²) in [7, 11) is 0. The van der Waals surface area contributed by atoms with Crippen LogP contribution < -0.4 is 10.6 Å². The molecule has 0 bridgehead atoms. The number of ether oxygens (including phenoxy) is 1. The zero-order chi connectivity index (χ0) is 17.9. The van der Waals surface area contributed by atoms with Crippen LogP contribution in [-0.4, -0.2) is 49.3 Å². The van der Waals surface area contributed by atoms with E-state index in [1.807, 2.05) is 23.9 Å². The molecule has 0 spiro atoms. The largest absolute Gasteiger partial charge is 0.469 e. The summed E-state index contributed by atoms with van der Waals surface area (Å²) in [5, 5.41) is 7.06. The van der Waals surface area contributed by atoms with Gasteiger partial charge in [0.2, 0.25) is 0 Å². The summed E-state index contributed by atoms with van der Waals surface area (Å²) >= 11 is 1.82. The lowest BCUT2D eigenvalue weighted by Gasteiger charge is -2.31. The lowest BCUT2D eigenvalue weighted by atomic mass is 9.93. The summed E-state index contributed by atoms with van der Waals surface area (Å²) in [6.07, 6.45) is 9.97. The Balaban J connectivity index is 1.76. The Kier molecular flexibility index (Phi) is 9.26. The van der Waals surface area contributed by atoms with E-state index in [1.165, 1.54) is 0 Å². The molecule has 1 heterocycles. The standard InChI is InChI=1S/C19H33N3O2S/c1-15(2)24-18-8-6-16(7-9-18)22-19(21-12-14-25-3)20-11-10-17-5-4-13-23-17/h4-5,13,15-16,18H,6-12,14H2,1-3H3,(H2,20,21,22). The van der Waals surface area contributed by atoms with Crippen molar-refractivity contribution in [3.8, 4) is 0 Å². The fraction of sp³-hybridized carbons (Fsp3) is 0.737.